The van der Waals surface area contributed by atoms with E-state index in [2.05, 4.69) is 5.32 Å². The number of nitrogens with one attached hydrogen (secondary N) is 1. The molecule has 0 aromatic heterocycles. The van der Waals surface area contributed by atoms with Crippen LogP contribution in [0, 0.1) is 0 Å². The third-order valence-corrected chi connectivity index (χ3v) is 2.85. The van der Waals surface area contributed by atoms with Gasteiger partial charge in [-0.2, -0.15) is 0 Å². The monoisotopic (exact) mass is 209 g/mol. The van der Waals surface area contributed by atoms with Crippen LogP contribution < -0.4 is 5.32 Å². The molecule has 0 heterocycles. The zero-order chi connectivity index (χ0) is 11.3. The maximum absolute atomic E-state index is 11.5. The Morgan fingerprint density at radius 3 is 2.27 bits per heavy atom. The Morgan fingerprint density at radius 1 is 1.13 bits per heavy atom. The summed E-state index contributed by atoms with van der Waals surface area (Å²) in [4.78, 5) is 22.4. The number of Topliss-reactive ketones (excluding diaryl/α,β-unsaturated/α-hetero) is 1. The maximum atomic E-state index is 11.5. The largest absolute Gasteiger partial charge is 0.350 e. The van der Waals surface area contributed by atoms with Gasteiger partial charge in [0.25, 0.3) is 0 Å². The predicted octanol–water partition coefficient (Wildman–Crippen LogP) is 1.97. The summed E-state index contributed by atoms with van der Waals surface area (Å²) in [5.74, 6) is -0.177. The van der Waals surface area contributed by atoms with Crippen molar-refractivity contribution in [2.24, 2.45) is 0 Å². The lowest BCUT2D eigenvalue weighted by Gasteiger charge is -2.22. The Labute approximate surface area is 90.9 Å². The van der Waals surface area contributed by atoms with Crippen LogP contribution in [0.2, 0.25) is 0 Å². The van der Waals surface area contributed by atoms with Crippen molar-refractivity contribution < 1.29 is 9.59 Å². The van der Waals surface area contributed by atoms with E-state index in [4.69, 9.17) is 0 Å². The van der Waals surface area contributed by atoms with Gasteiger partial charge in [0.2, 0.25) is 5.91 Å². The fraction of sp³-hybridized carbons (Fsp3) is 0.667. The molecule has 0 bridgehead atoms. The molecular formula is C12H19NO2. The van der Waals surface area contributed by atoms with E-state index in [-0.39, 0.29) is 11.7 Å². The molecule has 3 heteroatoms. The van der Waals surface area contributed by atoms with Crippen molar-refractivity contribution in [3.63, 3.8) is 0 Å². The summed E-state index contributed by atoms with van der Waals surface area (Å²) in [5.41, 5.74) is 0.517. The van der Waals surface area contributed by atoms with E-state index in [1.165, 1.54) is 32.3 Å². The van der Waals surface area contributed by atoms with Crippen LogP contribution in [-0.4, -0.2) is 17.7 Å². The van der Waals surface area contributed by atoms with Gasteiger partial charge in [-0.3, -0.25) is 9.59 Å². The lowest BCUT2D eigenvalue weighted by molar-refractivity contribution is -0.118. The summed E-state index contributed by atoms with van der Waals surface area (Å²) < 4.78 is 0. The minimum Gasteiger partial charge on any atom is -0.350 e. The quantitative estimate of drug-likeness (QED) is 0.722. The van der Waals surface area contributed by atoms with Crippen LogP contribution in [0.5, 0.6) is 0 Å². The molecule has 0 aromatic rings. The van der Waals surface area contributed by atoms with E-state index >= 15 is 0 Å². The summed E-state index contributed by atoms with van der Waals surface area (Å²) >= 11 is 0. The van der Waals surface area contributed by atoms with Crippen LogP contribution >= 0.6 is 0 Å². The molecular weight excluding hydrogens is 190 g/mol. The van der Waals surface area contributed by atoms with Crippen LogP contribution in [-0.2, 0) is 9.59 Å². The highest BCUT2D eigenvalue weighted by molar-refractivity contribution is 6.00. The Balaban J connectivity index is 2.41. The van der Waals surface area contributed by atoms with Crippen molar-refractivity contribution in [1.29, 1.82) is 0 Å². The first-order valence-electron chi connectivity index (χ1n) is 5.59. The second kappa shape index (κ2) is 5.69. The first-order chi connectivity index (χ1) is 7.09. The van der Waals surface area contributed by atoms with Gasteiger partial charge in [0.1, 0.15) is 0 Å². The fourth-order valence-electron chi connectivity index (χ4n) is 1.79. The molecule has 15 heavy (non-hydrogen) atoms. The maximum Gasteiger partial charge on any atom is 0.244 e. The predicted molar refractivity (Wildman–Crippen MR) is 59.5 cm³/mol. The van der Waals surface area contributed by atoms with Crippen LogP contribution in [0.25, 0.3) is 0 Å². The molecule has 1 saturated carbocycles. The van der Waals surface area contributed by atoms with Crippen LogP contribution in [0.1, 0.15) is 46.0 Å². The minimum atomic E-state index is -0.130. The highest BCUT2D eigenvalue weighted by Gasteiger charge is 2.14. The van der Waals surface area contributed by atoms with Gasteiger partial charge in [0, 0.05) is 12.1 Å². The first kappa shape index (κ1) is 12.0. The van der Waals surface area contributed by atoms with E-state index in [0.29, 0.717) is 11.6 Å². The van der Waals surface area contributed by atoms with Crippen LogP contribution in [0.3, 0.4) is 0 Å². The lowest BCUT2D eigenvalue weighted by Crippen LogP contribution is -2.35. The molecule has 0 atom stereocenters. The highest BCUT2D eigenvalue weighted by Crippen LogP contribution is 2.17. The molecule has 1 N–H and O–H groups in total. The zero-order valence-corrected chi connectivity index (χ0v) is 9.51. The summed E-state index contributed by atoms with van der Waals surface area (Å²) in [6.45, 7) is 3.14. The number of hydrogen-bond donors (Lipinski definition) is 1. The van der Waals surface area contributed by atoms with Gasteiger partial charge in [-0.25, -0.2) is 0 Å². The smallest absolute Gasteiger partial charge is 0.244 e. The third kappa shape index (κ3) is 4.28. The summed E-state index contributed by atoms with van der Waals surface area (Å²) in [7, 11) is 0. The molecule has 1 amide bonds. The van der Waals surface area contributed by atoms with Gasteiger partial charge in [0.05, 0.1) is 0 Å². The zero-order valence-electron chi connectivity index (χ0n) is 9.51. The summed E-state index contributed by atoms with van der Waals surface area (Å²) in [5, 5.41) is 2.94. The second-order valence-electron chi connectivity index (χ2n) is 4.23. The molecule has 84 valence electrons. The number of carbonyl (C=O) groups excluding carboxylic acids is 2. The average molecular weight is 209 g/mol. The molecule has 0 aromatic carbocycles. The normalized spacial score (nSPS) is 18.7. The van der Waals surface area contributed by atoms with E-state index in [0.717, 1.165) is 12.8 Å². The third-order valence-electron chi connectivity index (χ3n) is 2.85. The van der Waals surface area contributed by atoms with Crippen molar-refractivity contribution >= 4 is 11.7 Å². The van der Waals surface area contributed by atoms with Gasteiger partial charge in [-0.05, 0) is 32.3 Å². The minimum absolute atomic E-state index is 0.0474. The molecule has 0 radical (unpaired) electrons. The van der Waals surface area contributed by atoms with E-state index in [1.54, 1.807) is 6.92 Å². The van der Waals surface area contributed by atoms with E-state index in [1.807, 2.05) is 0 Å². The fourth-order valence-corrected chi connectivity index (χ4v) is 1.79. The number of carbonyl (C=O) groups is 2. The van der Waals surface area contributed by atoms with Gasteiger partial charge in [-0.1, -0.05) is 19.3 Å². The number of allylic oxidation sites excluding steroid dienone is 1. The van der Waals surface area contributed by atoms with Gasteiger partial charge in [0.15, 0.2) is 5.78 Å². The second-order valence-corrected chi connectivity index (χ2v) is 4.23. The highest BCUT2D eigenvalue weighted by atomic mass is 16.1. The topological polar surface area (TPSA) is 46.2 Å². The molecule has 3 nitrogen and oxygen atoms in total. The Hall–Kier alpha value is -1.12. The average Bonchev–Trinajstić information content (AvgIpc) is 2.18. The van der Waals surface area contributed by atoms with Gasteiger partial charge < -0.3 is 5.32 Å². The standard InChI is InChI=1S/C12H19NO2/c1-9(10(2)14)8-12(15)13-11-6-4-3-5-7-11/h8,11H,3-7H2,1-2H3,(H,13,15)/b9-8+. The molecule has 0 unspecified atom stereocenters. The van der Waals surface area contributed by atoms with Crippen molar-refractivity contribution in [2.45, 2.75) is 52.0 Å². The van der Waals surface area contributed by atoms with Crippen molar-refractivity contribution in [1.82, 2.24) is 5.32 Å². The number of rotatable bonds is 3. The number of ketones is 1. The molecule has 0 saturated heterocycles. The van der Waals surface area contributed by atoms with E-state index in [9.17, 15) is 9.59 Å². The lowest BCUT2D eigenvalue weighted by atomic mass is 9.95. The van der Waals surface area contributed by atoms with Gasteiger partial charge >= 0.3 is 0 Å². The van der Waals surface area contributed by atoms with Crippen molar-refractivity contribution in [3.8, 4) is 0 Å². The van der Waals surface area contributed by atoms with Crippen molar-refractivity contribution in [3.05, 3.63) is 11.6 Å². The summed E-state index contributed by atoms with van der Waals surface area (Å²) in [6.07, 6.45) is 7.20. The van der Waals surface area contributed by atoms with E-state index < -0.39 is 0 Å². The Bertz CT molecular complexity index is 275. The molecule has 1 fully saturated rings. The number of hydrogen-bond acceptors (Lipinski definition) is 2. The Morgan fingerprint density at radius 2 is 1.73 bits per heavy atom. The number of amides is 1. The molecule has 1 aliphatic rings. The summed E-state index contributed by atoms with van der Waals surface area (Å²) in [6, 6.07) is 0.308. The SMILES string of the molecule is CC(=O)/C(C)=C/C(=O)NC1CCCCC1. The van der Waals surface area contributed by atoms with Crippen LogP contribution in [0.4, 0.5) is 0 Å². The molecule has 1 rings (SSSR count). The molecule has 1 aliphatic carbocycles. The van der Waals surface area contributed by atoms with Gasteiger partial charge in [-0.15, -0.1) is 0 Å². The molecule has 0 aliphatic heterocycles. The van der Waals surface area contributed by atoms with Crippen LogP contribution in [0.15, 0.2) is 11.6 Å². The first-order valence-corrected chi connectivity index (χ1v) is 5.59. The van der Waals surface area contributed by atoms with Crippen molar-refractivity contribution in [2.75, 3.05) is 0 Å². The molecule has 0 spiro atoms. The Kier molecular flexibility index (Phi) is 4.53.